The largest absolute Gasteiger partial charge is 0.479 e. The molecule has 90 valence electrons. The Balaban J connectivity index is 2.30. The van der Waals surface area contributed by atoms with E-state index in [1.165, 1.54) is 0 Å². The monoisotopic (exact) mass is 241 g/mol. The number of carbonyl (C=O) groups excluding carboxylic acids is 1. The highest BCUT2D eigenvalue weighted by Crippen LogP contribution is 2.47. The minimum Gasteiger partial charge on any atom is -0.479 e. The Bertz CT molecular complexity index is 615. The van der Waals surface area contributed by atoms with E-state index in [0.717, 1.165) is 11.3 Å². The highest BCUT2D eigenvalue weighted by molar-refractivity contribution is 6.09. The Labute approximate surface area is 104 Å². The summed E-state index contributed by atoms with van der Waals surface area (Å²) in [6.45, 7) is 0.332. The summed E-state index contributed by atoms with van der Waals surface area (Å²) in [5.74, 6) is -0.151. The van der Waals surface area contributed by atoms with E-state index in [9.17, 15) is 10.1 Å². The van der Waals surface area contributed by atoms with Crippen LogP contribution in [0.3, 0.4) is 0 Å². The molecule has 0 saturated heterocycles. The van der Waals surface area contributed by atoms with Crippen molar-refractivity contribution in [2.75, 3.05) is 11.9 Å². The van der Waals surface area contributed by atoms with Crippen molar-refractivity contribution >= 4 is 11.6 Å². The van der Waals surface area contributed by atoms with Gasteiger partial charge in [0.2, 0.25) is 5.91 Å². The lowest BCUT2D eigenvalue weighted by atomic mass is 9.72. The first-order chi connectivity index (χ1) is 8.70. The number of amides is 1. The van der Waals surface area contributed by atoms with Crippen molar-refractivity contribution in [3.05, 3.63) is 41.3 Å². The highest BCUT2D eigenvalue weighted by atomic mass is 16.5. The van der Waals surface area contributed by atoms with Crippen molar-refractivity contribution in [1.82, 2.24) is 0 Å². The molecule has 5 heteroatoms. The van der Waals surface area contributed by atoms with E-state index < -0.39 is 5.41 Å². The van der Waals surface area contributed by atoms with Gasteiger partial charge in [0.15, 0.2) is 5.88 Å². The number of nitrogens with one attached hydrogen (secondary N) is 1. The molecule has 0 fully saturated rings. The van der Waals surface area contributed by atoms with Crippen molar-refractivity contribution in [3.63, 3.8) is 0 Å². The first-order valence-electron chi connectivity index (χ1n) is 5.64. The van der Waals surface area contributed by atoms with Crippen molar-refractivity contribution in [1.29, 1.82) is 5.26 Å². The SMILES string of the molecule is N#CC1=C(N)OCCC12C(=O)Nc1ccccc12. The Morgan fingerprint density at radius 1 is 1.44 bits per heavy atom. The summed E-state index contributed by atoms with van der Waals surface area (Å²) in [4.78, 5) is 12.3. The highest BCUT2D eigenvalue weighted by Gasteiger charge is 2.52. The smallest absolute Gasteiger partial charge is 0.240 e. The summed E-state index contributed by atoms with van der Waals surface area (Å²) in [6, 6.07) is 9.39. The normalized spacial score (nSPS) is 25.4. The van der Waals surface area contributed by atoms with E-state index in [2.05, 4.69) is 5.32 Å². The molecule has 0 bridgehead atoms. The lowest BCUT2D eigenvalue weighted by molar-refractivity contribution is -0.120. The molecule has 0 saturated carbocycles. The summed E-state index contributed by atoms with van der Waals surface area (Å²) < 4.78 is 5.19. The maximum Gasteiger partial charge on any atom is 0.240 e. The molecule has 0 aromatic heterocycles. The Hall–Kier alpha value is -2.48. The Morgan fingerprint density at radius 2 is 2.22 bits per heavy atom. The van der Waals surface area contributed by atoms with Gasteiger partial charge in [0.05, 0.1) is 6.61 Å². The number of fused-ring (bicyclic) bond motifs is 2. The van der Waals surface area contributed by atoms with Crippen LogP contribution >= 0.6 is 0 Å². The quantitative estimate of drug-likeness (QED) is 0.709. The second kappa shape index (κ2) is 3.50. The Kier molecular flexibility index (Phi) is 2.08. The Morgan fingerprint density at radius 3 is 3.00 bits per heavy atom. The van der Waals surface area contributed by atoms with Gasteiger partial charge in [0.1, 0.15) is 17.1 Å². The van der Waals surface area contributed by atoms with Crippen LogP contribution in [0.5, 0.6) is 0 Å². The van der Waals surface area contributed by atoms with Crippen LogP contribution < -0.4 is 11.1 Å². The number of nitrogens with two attached hydrogens (primary N) is 1. The topological polar surface area (TPSA) is 88.1 Å². The fourth-order valence-electron chi connectivity index (χ4n) is 2.68. The van der Waals surface area contributed by atoms with Crippen LogP contribution in [0.2, 0.25) is 0 Å². The van der Waals surface area contributed by atoms with Gasteiger partial charge in [-0.2, -0.15) is 5.26 Å². The van der Waals surface area contributed by atoms with E-state index >= 15 is 0 Å². The number of para-hydroxylation sites is 1. The van der Waals surface area contributed by atoms with Crippen LogP contribution in [0.15, 0.2) is 35.7 Å². The van der Waals surface area contributed by atoms with Crippen LogP contribution in [0.1, 0.15) is 12.0 Å². The van der Waals surface area contributed by atoms with E-state index in [0.29, 0.717) is 13.0 Å². The van der Waals surface area contributed by atoms with Gasteiger partial charge in [-0.3, -0.25) is 4.79 Å². The molecule has 1 spiro atoms. The zero-order valence-corrected chi connectivity index (χ0v) is 9.56. The molecule has 2 aliphatic heterocycles. The average molecular weight is 241 g/mol. The maximum absolute atomic E-state index is 12.3. The molecule has 1 aromatic carbocycles. The van der Waals surface area contributed by atoms with Crippen molar-refractivity contribution in [2.45, 2.75) is 11.8 Å². The minimum absolute atomic E-state index is 0.0515. The number of hydrogen-bond acceptors (Lipinski definition) is 4. The van der Waals surface area contributed by atoms with Crippen LogP contribution in [-0.2, 0) is 14.9 Å². The molecule has 0 aliphatic carbocycles. The number of nitriles is 1. The molecule has 1 aromatic rings. The summed E-state index contributed by atoms with van der Waals surface area (Å²) in [6.07, 6.45) is 0.430. The lowest BCUT2D eigenvalue weighted by Gasteiger charge is -2.31. The number of carbonyl (C=O) groups is 1. The number of anilines is 1. The molecule has 18 heavy (non-hydrogen) atoms. The molecular weight excluding hydrogens is 230 g/mol. The summed E-state index contributed by atoms with van der Waals surface area (Å²) in [5.41, 5.74) is 6.49. The third kappa shape index (κ3) is 1.12. The van der Waals surface area contributed by atoms with Gasteiger partial charge in [-0.1, -0.05) is 18.2 Å². The van der Waals surface area contributed by atoms with Gasteiger partial charge in [-0.05, 0) is 11.6 Å². The lowest BCUT2D eigenvalue weighted by Crippen LogP contribution is -2.42. The van der Waals surface area contributed by atoms with Gasteiger partial charge < -0.3 is 15.8 Å². The zero-order valence-electron chi connectivity index (χ0n) is 9.56. The van der Waals surface area contributed by atoms with Crippen molar-refractivity contribution in [2.24, 2.45) is 5.73 Å². The molecule has 3 rings (SSSR count). The van der Waals surface area contributed by atoms with Crippen molar-refractivity contribution < 1.29 is 9.53 Å². The molecular formula is C13H11N3O2. The number of ether oxygens (including phenoxy) is 1. The standard InChI is InChI=1S/C13H11N3O2/c14-7-9-11(15)18-6-5-13(9)8-3-1-2-4-10(8)16-12(13)17/h1-4H,5-6,15H2,(H,16,17). The second-order valence-electron chi connectivity index (χ2n) is 4.35. The molecule has 2 aliphatic rings. The fraction of sp³-hybridized carbons (Fsp3) is 0.231. The molecule has 1 amide bonds. The van der Waals surface area contributed by atoms with E-state index in [4.69, 9.17) is 10.5 Å². The summed E-state index contributed by atoms with van der Waals surface area (Å²) >= 11 is 0. The third-order valence-corrected chi connectivity index (χ3v) is 3.54. The number of benzene rings is 1. The molecule has 2 heterocycles. The van der Waals surface area contributed by atoms with E-state index in [1.54, 1.807) is 0 Å². The van der Waals surface area contributed by atoms with Gasteiger partial charge in [0.25, 0.3) is 0 Å². The third-order valence-electron chi connectivity index (χ3n) is 3.54. The predicted octanol–water partition coefficient (Wildman–Crippen LogP) is 0.991. The molecule has 1 atom stereocenters. The molecule has 3 N–H and O–H groups in total. The maximum atomic E-state index is 12.3. The fourth-order valence-corrected chi connectivity index (χ4v) is 2.68. The number of hydrogen-bond donors (Lipinski definition) is 2. The first-order valence-corrected chi connectivity index (χ1v) is 5.64. The predicted molar refractivity (Wildman–Crippen MR) is 64.1 cm³/mol. The van der Waals surface area contributed by atoms with E-state index in [1.807, 2.05) is 30.3 Å². The molecule has 5 nitrogen and oxygen atoms in total. The van der Waals surface area contributed by atoms with Crippen molar-refractivity contribution in [3.8, 4) is 6.07 Å². The second-order valence-corrected chi connectivity index (χ2v) is 4.35. The minimum atomic E-state index is -0.978. The van der Waals surface area contributed by atoms with Gasteiger partial charge in [0, 0.05) is 12.1 Å². The zero-order chi connectivity index (χ0) is 12.8. The van der Waals surface area contributed by atoms with Crippen LogP contribution in [0.25, 0.3) is 0 Å². The van der Waals surface area contributed by atoms with Gasteiger partial charge in [-0.15, -0.1) is 0 Å². The van der Waals surface area contributed by atoms with Crippen LogP contribution in [0, 0.1) is 11.3 Å². The summed E-state index contributed by atoms with van der Waals surface area (Å²) in [5, 5.41) is 12.1. The average Bonchev–Trinajstić information content (AvgIpc) is 2.64. The number of rotatable bonds is 0. The van der Waals surface area contributed by atoms with Gasteiger partial charge in [-0.25, -0.2) is 0 Å². The number of nitrogens with zero attached hydrogens (tertiary/aromatic N) is 1. The van der Waals surface area contributed by atoms with Crippen LogP contribution in [0.4, 0.5) is 5.69 Å². The van der Waals surface area contributed by atoms with Gasteiger partial charge >= 0.3 is 0 Å². The molecule has 0 radical (unpaired) electrons. The molecule has 1 unspecified atom stereocenters. The summed E-state index contributed by atoms with van der Waals surface area (Å²) in [7, 11) is 0. The van der Waals surface area contributed by atoms with Crippen LogP contribution in [-0.4, -0.2) is 12.5 Å². The first kappa shape index (κ1) is 10.7. The van der Waals surface area contributed by atoms with E-state index in [-0.39, 0.29) is 17.4 Å².